The Morgan fingerprint density at radius 2 is 1.95 bits per heavy atom. The monoisotopic (exact) mass is 274 g/mol. The van der Waals surface area contributed by atoms with Crippen molar-refractivity contribution < 1.29 is 0 Å². The summed E-state index contributed by atoms with van der Waals surface area (Å²) in [4.78, 5) is 12.2. The fourth-order valence-electron chi connectivity index (χ4n) is 2.24. The summed E-state index contributed by atoms with van der Waals surface area (Å²) >= 11 is 6.23. The van der Waals surface area contributed by atoms with Crippen LogP contribution in [-0.4, -0.2) is 4.57 Å². The maximum Gasteiger partial charge on any atom is 0.274 e. The van der Waals surface area contributed by atoms with Crippen LogP contribution in [0.1, 0.15) is 12.8 Å². The van der Waals surface area contributed by atoms with E-state index in [-0.39, 0.29) is 11.2 Å². The molecule has 0 bridgehead atoms. The first kappa shape index (κ1) is 12.3. The van der Waals surface area contributed by atoms with Gasteiger partial charge in [-0.1, -0.05) is 29.8 Å². The normalized spacial score (nSPS) is 14.6. The van der Waals surface area contributed by atoms with Gasteiger partial charge >= 0.3 is 0 Å². The number of aromatic nitrogens is 1. The van der Waals surface area contributed by atoms with E-state index in [0.29, 0.717) is 10.9 Å². The minimum Gasteiger partial charge on any atom is -0.394 e. The van der Waals surface area contributed by atoms with E-state index in [9.17, 15) is 4.79 Å². The lowest BCUT2D eigenvalue weighted by Gasteiger charge is -2.14. The highest BCUT2D eigenvalue weighted by Gasteiger charge is 2.24. The van der Waals surface area contributed by atoms with Gasteiger partial charge in [0.1, 0.15) is 0 Å². The molecule has 3 nitrogen and oxygen atoms in total. The van der Waals surface area contributed by atoms with Crippen molar-refractivity contribution >= 4 is 17.3 Å². The van der Waals surface area contributed by atoms with Crippen molar-refractivity contribution in [3.63, 3.8) is 0 Å². The topological polar surface area (TPSA) is 48.0 Å². The number of nitrogens with zero attached hydrogens (tertiary/aromatic N) is 1. The Bertz CT molecular complexity index is 674. The van der Waals surface area contributed by atoms with Gasteiger partial charge in [-0.3, -0.25) is 4.79 Å². The largest absolute Gasteiger partial charge is 0.394 e. The summed E-state index contributed by atoms with van der Waals surface area (Å²) in [6, 6.07) is 11.1. The number of benzene rings is 1. The van der Waals surface area contributed by atoms with Crippen LogP contribution in [0.2, 0.25) is 5.02 Å². The van der Waals surface area contributed by atoms with Crippen LogP contribution < -0.4 is 11.3 Å². The first-order valence-corrected chi connectivity index (χ1v) is 6.79. The van der Waals surface area contributed by atoms with E-state index in [1.54, 1.807) is 10.6 Å². The highest BCUT2D eigenvalue weighted by atomic mass is 35.5. The summed E-state index contributed by atoms with van der Waals surface area (Å²) in [5.74, 6) is 0.598. The molecule has 2 N–H and O–H groups in total. The third-order valence-electron chi connectivity index (χ3n) is 3.49. The molecule has 0 spiro atoms. The van der Waals surface area contributed by atoms with Crippen LogP contribution in [-0.2, 0) is 6.54 Å². The van der Waals surface area contributed by atoms with Crippen LogP contribution in [0.15, 0.2) is 41.2 Å². The number of nitrogen functional groups attached to an aromatic ring is 1. The van der Waals surface area contributed by atoms with Crippen LogP contribution >= 0.6 is 11.6 Å². The van der Waals surface area contributed by atoms with Crippen LogP contribution in [0.4, 0.5) is 5.69 Å². The standard InChI is InChI=1S/C15H15ClN2O/c16-12-4-2-1-3-11(12)14-8-7-13(17)15(19)18(14)9-10-5-6-10/h1-4,7-8,10H,5-6,9,17H2. The summed E-state index contributed by atoms with van der Waals surface area (Å²) in [5.41, 5.74) is 7.62. The predicted molar refractivity (Wildman–Crippen MR) is 78.3 cm³/mol. The molecule has 0 amide bonds. The van der Waals surface area contributed by atoms with Gasteiger partial charge in [0.05, 0.1) is 11.4 Å². The number of anilines is 1. The van der Waals surface area contributed by atoms with Crippen LogP contribution in [0.25, 0.3) is 11.3 Å². The van der Waals surface area contributed by atoms with Gasteiger partial charge in [-0.05, 0) is 37.0 Å². The number of hydrogen-bond acceptors (Lipinski definition) is 2. The lowest BCUT2D eigenvalue weighted by atomic mass is 10.1. The van der Waals surface area contributed by atoms with Crippen LogP contribution in [0.5, 0.6) is 0 Å². The molecule has 98 valence electrons. The second-order valence-corrected chi connectivity index (χ2v) is 5.42. The van der Waals surface area contributed by atoms with Gasteiger partial charge in [0.2, 0.25) is 0 Å². The molecular weight excluding hydrogens is 260 g/mol. The average molecular weight is 275 g/mol. The summed E-state index contributed by atoms with van der Waals surface area (Å²) in [5, 5.41) is 0.649. The molecule has 0 saturated heterocycles. The maximum absolute atomic E-state index is 12.2. The smallest absolute Gasteiger partial charge is 0.274 e. The first-order chi connectivity index (χ1) is 9.16. The zero-order chi connectivity index (χ0) is 13.4. The number of nitrogens with two attached hydrogens (primary N) is 1. The Morgan fingerprint density at radius 3 is 2.63 bits per heavy atom. The fraction of sp³-hybridized carbons (Fsp3) is 0.267. The maximum atomic E-state index is 12.2. The van der Waals surface area contributed by atoms with E-state index in [1.807, 2.05) is 30.3 Å². The molecule has 3 rings (SSSR count). The van der Waals surface area contributed by atoms with E-state index >= 15 is 0 Å². The summed E-state index contributed by atoms with van der Waals surface area (Å²) in [6.07, 6.45) is 2.37. The van der Waals surface area contributed by atoms with Crippen molar-refractivity contribution in [2.45, 2.75) is 19.4 Å². The Balaban J connectivity index is 2.17. The SMILES string of the molecule is Nc1ccc(-c2ccccc2Cl)n(CC2CC2)c1=O. The van der Waals surface area contributed by atoms with Crippen molar-refractivity contribution in [1.29, 1.82) is 0 Å². The van der Waals surface area contributed by atoms with E-state index in [1.165, 1.54) is 12.8 Å². The number of pyridine rings is 1. The van der Waals surface area contributed by atoms with Gasteiger partial charge in [0, 0.05) is 17.1 Å². The van der Waals surface area contributed by atoms with E-state index < -0.39 is 0 Å². The van der Waals surface area contributed by atoms with Crippen molar-refractivity contribution in [3.8, 4) is 11.3 Å². The first-order valence-electron chi connectivity index (χ1n) is 6.41. The quantitative estimate of drug-likeness (QED) is 0.935. The molecule has 1 aromatic heterocycles. The Morgan fingerprint density at radius 1 is 1.21 bits per heavy atom. The Kier molecular flexibility index (Phi) is 3.07. The van der Waals surface area contributed by atoms with Crippen molar-refractivity contribution in [2.24, 2.45) is 5.92 Å². The number of hydrogen-bond donors (Lipinski definition) is 1. The lowest BCUT2D eigenvalue weighted by Crippen LogP contribution is -2.25. The molecule has 1 aliphatic rings. The zero-order valence-corrected chi connectivity index (χ0v) is 11.2. The molecule has 1 saturated carbocycles. The predicted octanol–water partition coefficient (Wildman–Crippen LogP) is 3.16. The molecule has 0 atom stereocenters. The average Bonchev–Trinajstić information content (AvgIpc) is 3.21. The van der Waals surface area contributed by atoms with Crippen molar-refractivity contribution in [1.82, 2.24) is 4.57 Å². The van der Waals surface area contributed by atoms with Gasteiger partial charge in [0.25, 0.3) is 5.56 Å². The van der Waals surface area contributed by atoms with E-state index in [0.717, 1.165) is 17.8 Å². The lowest BCUT2D eigenvalue weighted by molar-refractivity contribution is 0.614. The summed E-state index contributed by atoms with van der Waals surface area (Å²) in [7, 11) is 0. The Labute approximate surface area is 116 Å². The molecule has 1 heterocycles. The molecule has 2 aromatic rings. The molecule has 1 aromatic carbocycles. The van der Waals surface area contributed by atoms with Gasteiger partial charge in [-0.25, -0.2) is 0 Å². The third-order valence-corrected chi connectivity index (χ3v) is 3.82. The molecule has 19 heavy (non-hydrogen) atoms. The van der Waals surface area contributed by atoms with Gasteiger partial charge in [-0.15, -0.1) is 0 Å². The molecule has 0 aliphatic heterocycles. The van der Waals surface area contributed by atoms with Crippen molar-refractivity contribution in [2.75, 3.05) is 5.73 Å². The van der Waals surface area contributed by atoms with Crippen LogP contribution in [0.3, 0.4) is 0 Å². The number of halogens is 1. The molecule has 0 radical (unpaired) electrons. The highest BCUT2D eigenvalue weighted by molar-refractivity contribution is 6.33. The van der Waals surface area contributed by atoms with Gasteiger partial charge in [-0.2, -0.15) is 0 Å². The van der Waals surface area contributed by atoms with Gasteiger partial charge < -0.3 is 10.3 Å². The van der Waals surface area contributed by atoms with E-state index in [2.05, 4.69) is 0 Å². The van der Waals surface area contributed by atoms with E-state index in [4.69, 9.17) is 17.3 Å². The molecule has 0 unspecified atom stereocenters. The summed E-state index contributed by atoms with van der Waals surface area (Å²) < 4.78 is 1.76. The summed E-state index contributed by atoms with van der Waals surface area (Å²) in [6.45, 7) is 0.727. The second kappa shape index (κ2) is 4.74. The second-order valence-electron chi connectivity index (χ2n) is 5.01. The molecule has 1 aliphatic carbocycles. The molecular formula is C15H15ClN2O. The fourth-order valence-corrected chi connectivity index (χ4v) is 2.47. The zero-order valence-electron chi connectivity index (χ0n) is 10.5. The van der Waals surface area contributed by atoms with Crippen molar-refractivity contribution in [3.05, 3.63) is 51.8 Å². The highest BCUT2D eigenvalue weighted by Crippen LogP contribution is 2.33. The van der Waals surface area contributed by atoms with Gasteiger partial charge in [0.15, 0.2) is 0 Å². The Hall–Kier alpha value is -1.74. The third kappa shape index (κ3) is 2.38. The number of rotatable bonds is 3. The molecule has 4 heteroatoms. The minimum atomic E-state index is -0.121. The minimum absolute atomic E-state index is 0.121. The van der Waals surface area contributed by atoms with Crippen LogP contribution in [0, 0.1) is 5.92 Å². The molecule has 1 fully saturated rings.